The first-order valence-electron chi connectivity index (χ1n) is 5.31. The van der Waals surface area contributed by atoms with Crippen LogP contribution < -0.4 is 0 Å². The van der Waals surface area contributed by atoms with Gasteiger partial charge in [0.05, 0.1) is 11.0 Å². The molecule has 0 fully saturated rings. The molecule has 3 heteroatoms. The van der Waals surface area contributed by atoms with Crippen molar-refractivity contribution in [3.63, 3.8) is 0 Å². The topological polar surface area (TPSA) is 34.1 Å². The fourth-order valence-corrected chi connectivity index (χ4v) is 3.07. The maximum absolute atomic E-state index is 11.9. The van der Waals surface area contributed by atoms with E-state index in [-0.39, 0.29) is 11.0 Å². The highest BCUT2D eigenvalue weighted by Gasteiger charge is 2.19. The molecule has 1 aromatic carbocycles. The predicted molar refractivity (Wildman–Crippen MR) is 63.4 cm³/mol. The van der Waals surface area contributed by atoms with Crippen LogP contribution >= 0.6 is 0 Å². The number of hydrogen-bond acceptors (Lipinski definition) is 2. The zero-order chi connectivity index (χ0) is 11.3. The summed E-state index contributed by atoms with van der Waals surface area (Å²) in [6.45, 7) is 3.80. The third-order valence-electron chi connectivity index (χ3n) is 2.52. The molecular formula is C12H18O2S. The van der Waals surface area contributed by atoms with E-state index in [1.807, 2.05) is 37.3 Å². The molecule has 0 spiro atoms. The van der Waals surface area contributed by atoms with Gasteiger partial charge in [0, 0.05) is 0 Å². The summed E-state index contributed by atoms with van der Waals surface area (Å²) in [6, 6.07) is 9.35. The molecule has 0 saturated heterocycles. The summed E-state index contributed by atoms with van der Waals surface area (Å²) in [6.07, 6.45) is 1.66. The van der Waals surface area contributed by atoms with Crippen molar-refractivity contribution >= 4 is 9.84 Å². The van der Waals surface area contributed by atoms with Gasteiger partial charge in [0.2, 0.25) is 0 Å². The molecule has 1 atom stereocenters. The Hall–Kier alpha value is -0.830. The first-order valence-corrected chi connectivity index (χ1v) is 7.03. The third-order valence-corrected chi connectivity index (χ3v) is 4.72. The molecule has 0 N–H and O–H groups in total. The minimum absolute atomic E-state index is 0.162. The van der Waals surface area contributed by atoms with E-state index in [0.717, 1.165) is 18.4 Å². The highest BCUT2D eigenvalue weighted by molar-refractivity contribution is 7.91. The predicted octanol–water partition coefficient (Wildman–Crippen LogP) is 2.79. The smallest absolute Gasteiger partial charge is 0.157 e. The van der Waals surface area contributed by atoms with Gasteiger partial charge in [-0.1, -0.05) is 43.7 Å². The summed E-state index contributed by atoms with van der Waals surface area (Å²) in [5, 5.41) is -0.234. The van der Waals surface area contributed by atoms with E-state index in [4.69, 9.17) is 0 Å². The molecule has 0 aliphatic heterocycles. The second-order valence-corrected chi connectivity index (χ2v) is 6.31. The molecule has 2 nitrogen and oxygen atoms in total. The molecule has 0 heterocycles. The molecule has 0 bridgehead atoms. The minimum atomic E-state index is -2.98. The summed E-state index contributed by atoms with van der Waals surface area (Å²) in [5.74, 6) is 0.162. The molecular weight excluding hydrogens is 208 g/mol. The maximum atomic E-state index is 11.9. The lowest BCUT2D eigenvalue weighted by molar-refractivity contribution is 0.575. The summed E-state index contributed by atoms with van der Waals surface area (Å²) < 4.78 is 23.8. The number of sulfone groups is 1. The highest BCUT2D eigenvalue weighted by Crippen LogP contribution is 2.14. The van der Waals surface area contributed by atoms with Gasteiger partial charge in [0.1, 0.15) is 0 Å². The Morgan fingerprint density at radius 2 is 1.80 bits per heavy atom. The van der Waals surface area contributed by atoms with Crippen LogP contribution in [0.2, 0.25) is 0 Å². The highest BCUT2D eigenvalue weighted by atomic mass is 32.2. The van der Waals surface area contributed by atoms with Crippen molar-refractivity contribution in [3.8, 4) is 0 Å². The van der Waals surface area contributed by atoms with E-state index in [2.05, 4.69) is 0 Å². The molecule has 84 valence electrons. The van der Waals surface area contributed by atoms with Gasteiger partial charge in [0.15, 0.2) is 9.84 Å². The van der Waals surface area contributed by atoms with Crippen molar-refractivity contribution in [1.82, 2.24) is 0 Å². The van der Waals surface area contributed by atoms with Crippen LogP contribution in [-0.2, 0) is 15.6 Å². The Morgan fingerprint density at radius 1 is 1.20 bits per heavy atom. The largest absolute Gasteiger partial charge is 0.228 e. The number of hydrogen-bond donors (Lipinski definition) is 0. The van der Waals surface area contributed by atoms with Crippen molar-refractivity contribution in [3.05, 3.63) is 35.9 Å². The van der Waals surface area contributed by atoms with E-state index in [1.165, 1.54) is 0 Å². The Bertz CT molecular complexity index is 381. The van der Waals surface area contributed by atoms with Gasteiger partial charge in [-0.05, 0) is 18.9 Å². The molecule has 0 aliphatic rings. The average Bonchev–Trinajstić information content (AvgIpc) is 2.19. The van der Waals surface area contributed by atoms with E-state index in [0.29, 0.717) is 0 Å². The van der Waals surface area contributed by atoms with E-state index < -0.39 is 9.84 Å². The minimum Gasteiger partial charge on any atom is -0.228 e. The van der Waals surface area contributed by atoms with Gasteiger partial charge in [-0.25, -0.2) is 8.42 Å². The van der Waals surface area contributed by atoms with Gasteiger partial charge < -0.3 is 0 Å². The average molecular weight is 226 g/mol. The van der Waals surface area contributed by atoms with Gasteiger partial charge in [-0.3, -0.25) is 0 Å². The quantitative estimate of drug-likeness (QED) is 0.773. The van der Waals surface area contributed by atoms with Crippen LogP contribution in [0.4, 0.5) is 0 Å². The molecule has 1 rings (SSSR count). The monoisotopic (exact) mass is 226 g/mol. The SMILES string of the molecule is CCCC(C)S(=O)(=O)Cc1ccccc1. The van der Waals surface area contributed by atoms with Crippen LogP contribution in [0, 0.1) is 0 Å². The molecule has 15 heavy (non-hydrogen) atoms. The van der Waals surface area contributed by atoms with Crippen molar-refractivity contribution < 1.29 is 8.42 Å². The summed E-state index contributed by atoms with van der Waals surface area (Å²) in [7, 11) is -2.98. The van der Waals surface area contributed by atoms with Gasteiger partial charge in [-0.2, -0.15) is 0 Å². The lowest BCUT2D eigenvalue weighted by atomic mass is 10.2. The van der Waals surface area contributed by atoms with Crippen LogP contribution in [0.15, 0.2) is 30.3 Å². The lowest BCUT2D eigenvalue weighted by Crippen LogP contribution is -2.19. The Labute approximate surface area is 92.2 Å². The zero-order valence-electron chi connectivity index (χ0n) is 9.31. The van der Waals surface area contributed by atoms with Gasteiger partial charge in [0.25, 0.3) is 0 Å². The zero-order valence-corrected chi connectivity index (χ0v) is 10.1. The molecule has 0 aromatic heterocycles. The third kappa shape index (κ3) is 3.67. The van der Waals surface area contributed by atoms with Crippen LogP contribution in [0.3, 0.4) is 0 Å². The Morgan fingerprint density at radius 3 is 2.33 bits per heavy atom. The van der Waals surface area contributed by atoms with Crippen molar-refractivity contribution in [2.24, 2.45) is 0 Å². The summed E-state index contributed by atoms with van der Waals surface area (Å²) in [5.41, 5.74) is 0.875. The standard InChI is InChI=1S/C12H18O2S/c1-3-7-11(2)15(13,14)10-12-8-5-4-6-9-12/h4-6,8-9,11H,3,7,10H2,1-2H3. The molecule has 0 amide bonds. The Balaban J connectivity index is 2.73. The van der Waals surface area contributed by atoms with Crippen molar-refractivity contribution in [2.75, 3.05) is 0 Å². The van der Waals surface area contributed by atoms with E-state index in [1.54, 1.807) is 6.92 Å². The van der Waals surface area contributed by atoms with Crippen LogP contribution in [0.25, 0.3) is 0 Å². The summed E-state index contributed by atoms with van der Waals surface area (Å²) in [4.78, 5) is 0. The van der Waals surface area contributed by atoms with E-state index >= 15 is 0 Å². The molecule has 1 unspecified atom stereocenters. The first-order chi connectivity index (χ1) is 7.06. The summed E-state index contributed by atoms with van der Waals surface area (Å²) >= 11 is 0. The van der Waals surface area contributed by atoms with Gasteiger partial charge in [-0.15, -0.1) is 0 Å². The van der Waals surface area contributed by atoms with E-state index in [9.17, 15) is 8.42 Å². The fraction of sp³-hybridized carbons (Fsp3) is 0.500. The van der Waals surface area contributed by atoms with Crippen molar-refractivity contribution in [1.29, 1.82) is 0 Å². The Kier molecular flexibility index (Phi) is 4.33. The van der Waals surface area contributed by atoms with Crippen LogP contribution in [-0.4, -0.2) is 13.7 Å². The first kappa shape index (κ1) is 12.2. The molecule has 0 radical (unpaired) electrons. The molecule has 0 saturated carbocycles. The van der Waals surface area contributed by atoms with Crippen LogP contribution in [0.5, 0.6) is 0 Å². The lowest BCUT2D eigenvalue weighted by Gasteiger charge is -2.11. The molecule has 0 aliphatic carbocycles. The molecule has 1 aromatic rings. The number of rotatable bonds is 5. The maximum Gasteiger partial charge on any atom is 0.157 e. The van der Waals surface area contributed by atoms with Gasteiger partial charge >= 0.3 is 0 Å². The second kappa shape index (κ2) is 5.31. The van der Waals surface area contributed by atoms with Crippen molar-refractivity contribution in [2.45, 2.75) is 37.7 Å². The normalized spacial score (nSPS) is 13.7. The van der Waals surface area contributed by atoms with Crippen LogP contribution in [0.1, 0.15) is 32.3 Å². The fourth-order valence-electron chi connectivity index (χ4n) is 1.53. The number of benzene rings is 1. The second-order valence-electron chi connectivity index (χ2n) is 3.89.